The summed E-state index contributed by atoms with van der Waals surface area (Å²) in [5, 5.41) is 1.89. The number of carbonyl (C=O) groups is 1. The molecular formula is C20H27NO4PS+. The highest BCUT2D eigenvalue weighted by molar-refractivity contribution is 8.03. The molecule has 0 bridgehead atoms. The third kappa shape index (κ3) is 6.27. The first kappa shape index (κ1) is 21.8. The topological polar surface area (TPSA) is 65.5 Å². The summed E-state index contributed by atoms with van der Waals surface area (Å²) >= 11 is 1.43. The van der Waals surface area contributed by atoms with Crippen LogP contribution in [0.15, 0.2) is 41.4 Å². The van der Waals surface area contributed by atoms with E-state index in [-0.39, 0.29) is 5.97 Å². The van der Waals surface area contributed by atoms with Crippen LogP contribution in [0.4, 0.5) is 0 Å². The molecule has 1 aromatic heterocycles. The van der Waals surface area contributed by atoms with Gasteiger partial charge < -0.3 is 9.47 Å². The number of thioether (sulfide) groups is 1. The Morgan fingerprint density at radius 3 is 2.63 bits per heavy atom. The lowest BCUT2D eigenvalue weighted by Gasteiger charge is -2.18. The second-order valence-corrected chi connectivity index (χ2v) is 9.11. The Bertz CT molecular complexity index is 770. The monoisotopic (exact) mass is 408 g/mol. The van der Waals surface area contributed by atoms with Gasteiger partial charge in [0.15, 0.2) is 5.49 Å². The largest absolute Gasteiger partial charge is 0.466 e. The fourth-order valence-corrected chi connectivity index (χ4v) is 5.78. The summed E-state index contributed by atoms with van der Waals surface area (Å²) in [4.78, 5) is 16.9. The molecule has 2 rings (SSSR count). The first-order valence-corrected chi connectivity index (χ1v) is 11.8. The van der Waals surface area contributed by atoms with Crippen molar-refractivity contribution in [3.8, 4) is 0 Å². The normalized spacial score (nSPS) is 14.0. The molecule has 7 heteroatoms. The zero-order chi connectivity index (χ0) is 19.6. The van der Waals surface area contributed by atoms with Gasteiger partial charge in [0, 0.05) is 12.0 Å². The first-order chi connectivity index (χ1) is 13.1. The number of hydrogen-bond donors (Lipinski definition) is 0. The van der Waals surface area contributed by atoms with Crippen molar-refractivity contribution in [2.45, 2.75) is 44.5 Å². The number of esters is 1. The molecule has 0 amide bonds. The van der Waals surface area contributed by atoms with Gasteiger partial charge in [0.25, 0.3) is 5.85 Å². The molecule has 27 heavy (non-hydrogen) atoms. The highest BCUT2D eigenvalue weighted by Gasteiger charge is 2.43. The Kier molecular flexibility index (Phi) is 9.19. The van der Waals surface area contributed by atoms with Crippen LogP contribution in [0.5, 0.6) is 0 Å². The fraction of sp³-hybridized carbons (Fsp3) is 0.500. The predicted molar refractivity (Wildman–Crippen MR) is 111 cm³/mol. The molecule has 0 saturated carbocycles. The third-order valence-corrected chi connectivity index (χ3v) is 7.20. The van der Waals surface area contributed by atoms with Crippen LogP contribution in [-0.4, -0.2) is 35.5 Å². The third-order valence-electron chi connectivity index (χ3n) is 4.07. The Hall–Kier alpha value is -1.49. The summed E-state index contributed by atoms with van der Waals surface area (Å²) in [6, 6.07) is 11.8. The summed E-state index contributed by atoms with van der Waals surface area (Å²) in [5.74, 6) is -1.45. The molecule has 0 aliphatic rings. The number of hydrogen-bond acceptors (Lipinski definition) is 6. The molecule has 0 fully saturated rings. The maximum absolute atomic E-state index is 13.0. The van der Waals surface area contributed by atoms with Crippen molar-refractivity contribution in [3.63, 3.8) is 0 Å². The van der Waals surface area contributed by atoms with Crippen LogP contribution >= 0.6 is 19.6 Å². The smallest absolute Gasteiger partial charge is 0.382 e. The van der Waals surface area contributed by atoms with Gasteiger partial charge in [-0.05, 0) is 32.4 Å². The van der Waals surface area contributed by atoms with Gasteiger partial charge in [0.1, 0.15) is 10.9 Å². The van der Waals surface area contributed by atoms with E-state index in [1.807, 2.05) is 50.2 Å². The summed E-state index contributed by atoms with van der Waals surface area (Å²) in [5.41, 5.74) is 1.26. The summed E-state index contributed by atoms with van der Waals surface area (Å²) < 4.78 is 23.9. The molecular weight excluding hydrogens is 381 g/mol. The van der Waals surface area contributed by atoms with Gasteiger partial charge >= 0.3 is 13.8 Å². The standard InChI is InChI=1S/C20H27NO4PS/c1-4-9-16(19(22)24-5-2)20(25-6-3)26(23)14-27-18-13-12-15-10-7-8-11-17(15)21-18/h7-8,10-13,16,20H,4-6,9,14H2,1-3H3/q+1. The molecule has 1 heterocycles. The van der Waals surface area contributed by atoms with E-state index in [0.29, 0.717) is 25.1 Å². The van der Waals surface area contributed by atoms with Gasteiger partial charge in [0.05, 0.1) is 12.1 Å². The first-order valence-electron chi connectivity index (χ1n) is 9.31. The van der Waals surface area contributed by atoms with Crippen LogP contribution in [-0.2, 0) is 18.8 Å². The van der Waals surface area contributed by atoms with Gasteiger partial charge in [0.2, 0.25) is 0 Å². The van der Waals surface area contributed by atoms with Crippen molar-refractivity contribution in [1.29, 1.82) is 0 Å². The number of fused-ring (bicyclic) bond motifs is 1. The number of para-hydroxylation sites is 1. The van der Waals surface area contributed by atoms with E-state index in [1.165, 1.54) is 11.8 Å². The fourth-order valence-electron chi connectivity index (χ4n) is 2.84. The number of carbonyl (C=O) groups excluding carboxylic acids is 1. The number of pyridine rings is 1. The van der Waals surface area contributed by atoms with E-state index in [2.05, 4.69) is 4.98 Å². The quantitative estimate of drug-likeness (QED) is 0.280. The molecule has 1 aromatic carbocycles. The van der Waals surface area contributed by atoms with Crippen LogP contribution in [0.2, 0.25) is 0 Å². The van der Waals surface area contributed by atoms with Crippen LogP contribution in [0.3, 0.4) is 0 Å². The van der Waals surface area contributed by atoms with E-state index in [0.717, 1.165) is 22.3 Å². The predicted octanol–water partition coefficient (Wildman–Crippen LogP) is 5.45. The minimum Gasteiger partial charge on any atom is -0.466 e. The second-order valence-electron chi connectivity index (χ2n) is 6.03. The summed E-state index contributed by atoms with van der Waals surface area (Å²) in [7, 11) is -1.76. The Morgan fingerprint density at radius 1 is 1.15 bits per heavy atom. The SMILES string of the molecule is CCCC(C(=O)OCC)C(OCC)[P+](=O)CSc1ccc2ccccc2n1. The van der Waals surface area contributed by atoms with Crippen LogP contribution in [0.1, 0.15) is 33.6 Å². The van der Waals surface area contributed by atoms with Gasteiger partial charge in [-0.2, -0.15) is 0 Å². The average molecular weight is 408 g/mol. The maximum atomic E-state index is 13.0. The molecule has 0 spiro atoms. The number of benzene rings is 1. The molecule has 2 aromatic rings. The molecule has 146 valence electrons. The molecule has 0 aliphatic carbocycles. The summed E-state index contributed by atoms with van der Waals surface area (Å²) in [6.07, 6.45) is 1.40. The minimum atomic E-state index is -1.76. The van der Waals surface area contributed by atoms with E-state index in [4.69, 9.17) is 9.47 Å². The van der Waals surface area contributed by atoms with Crippen molar-refractivity contribution < 1.29 is 18.8 Å². The molecule has 3 unspecified atom stereocenters. The average Bonchev–Trinajstić information content (AvgIpc) is 2.68. The lowest BCUT2D eigenvalue weighted by atomic mass is 10.1. The van der Waals surface area contributed by atoms with Crippen molar-refractivity contribution in [2.75, 3.05) is 18.7 Å². The Labute approximate surface area is 166 Å². The zero-order valence-corrected chi connectivity index (χ0v) is 17.8. The molecule has 0 N–H and O–H groups in total. The highest BCUT2D eigenvalue weighted by atomic mass is 32.2. The van der Waals surface area contributed by atoms with Gasteiger partial charge in [-0.15, -0.1) is 0 Å². The Morgan fingerprint density at radius 2 is 1.93 bits per heavy atom. The van der Waals surface area contributed by atoms with Gasteiger partial charge in [-0.3, -0.25) is 4.79 Å². The van der Waals surface area contributed by atoms with E-state index < -0.39 is 19.6 Å². The molecule has 0 radical (unpaired) electrons. The number of rotatable bonds is 11. The van der Waals surface area contributed by atoms with Crippen LogP contribution in [0.25, 0.3) is 10.9 Å². The van der Waals surface area contributed by atoms with Gasteiger partial charge in [-0.25, -0.2) is 4.98 Å². The van der Waals surface area contributed by atoms with Crippen molar-refractivity contribution >= 4 is 36.4 Å². The Balaban J connectivity index is 2.08. The molecule has 0 aliphatic heterocycles. The van der Waals surface area contributed by atoms with Crippen molar-refractivity contribution in [2.24, 2.45) is 5.92 Å². The van der Waals surface area contributed by atoms with E-state index >= 15 is 0 Å². The minimum absolute atomic E-state index is 0.310. The molecule has 0 saturated heterocycles. The lowest BCUT2D eigenvalue weighted by Crippen LogP contribution is -2.30. The van der Waals surface area contributed by atoms with Crippen molar-refractivity contribution in [3.05, 3.63) is 36.4 Å². The van der Waals surface area contributed by atoms with Crippen molar-refractivity contribution in [1.82, 2.24) is 4.98 Å². The zero-order valence-electron chi connectivity index (χ0n) is 16.1. The van der Waals surface area contributed by atoms with Crippen LogP contribution < -0.4 is 0 Å². The highest BCUT2D eigenvalue weighted by Crippen LogP contribution is 2.41. The lowest BCUT2D eigenvalue weighted by molar-refractivity contribution is -0.151. The number of nitrogens with zero attached hydrogens (tertiary/aromatic N) is 1. The van der Waals surface area contributed by atoms with E-state index in [9.17, 15) is 9.36 Å². The summed E-state index contributed by atoms with van der Waals surface area (Å²) in [6.45, 7) is 6.34. The van der Waals surface area contributed by atoms with E-state index in [1.54, 1.807) is 6.92 Å². The number of aromatic nitrogens is 1. The second kappa shape index (κ2) is 11.4. The molecule has 3 atom stereocenters. The number of ether oxygens (including phenoxy) is 2. The van der Waals surface area contributed by atoms with Gasteiger partial charge in [-0.1, -0.05) is 53.9 Å². The molecule has 5 nitrogen and oxygen atoms in total. The van der Waals surface area contributed by atoms with Crippen LogP contribution in [0, 0.1) is 5.92 Å². The maximum Gasteiger partial charge on any atom is 0.382 e.